The highest BCUT2D eigenvalue weighted by Gasteiger charge is 2.45. The molecule has 1 unspecified atom stereocenters. The van der Waals surface area contributed by atoms with Crippen molar-refractivity contribution in [3.63, 3.8) is 0 Å². The van der Waals surface area contributed by atoms with Crippen LogP contribution < -0.4 is 9.47 Å². The van der Waals surface area contributed by atoms with Gasteiger partial charge in [0.25, 0.3) is 11.7 Å². The third-order valence-electron chi connectivity index (χ3n) is 6.99. The number of aliphatic hydroxyl groups excluding tert-OH is 1. The average molecular weight is 535 g/mol. The number of carbonyl (C=O) groups is 2. The highest BCUT2D eigenvalue weighted by molar-refractivity contribution is 6.46. The maximum absolute atomic E-state index is 13.4. The maximum atomic E-state index is 13.4. The second-order valence-electron chi connectivity index (χ2n) is 9.80. The molecule has 2 aliphatic rings. The molecule has 2 fully saturated rings. The minimum atomic E-state index is -0.709. The molecule has 2 aromatic rings. The molecule has 0 aliphatic carbocycles. The molecule has 2 aliphatic heterocycles. The lowest BCUT2D eigenvalue weighted by Gasteiger charge is -2.29. The predicted molar refractivity (Wildman–Crippen MR) is 150 cm³/mol. The Morgan fingerprint density at radius 2 is 1.85 bits per heavy atom. The van der Waals surface area contributed by atoms with Crippen LogP contribution in [0.2, 0.25) is 0 Å². The second-order valence-corrected chi connectivity index (χ2v) is 9.80. The van der Waals surface area contributed by atoms with E-state index in [1.807, 2.05) is 26.0 Å². The molecule has 0 spiro atoms. The number of nitrogens with zero attached hydrogens (tertiary/aromatic N) is 2. The average Bonchev–Trinajstić information content (AvgIpc) is 3.21. The number of hydrogen-bond acceptors (Lipinski definition) is 7. The maximum Gasteiger partial charge on any atom is 0.295 e. The quantitative estimate of drug-likeness (QED) is 0.186. The van der Waals surface area contributed by atoms with Crippen LogP contribution in [-0.2, 0) is 14.3 Å². The molecule has 1 amide bonds. The van der Waals surface area contributed by atoms with E-state index in [9.17, 15) is 14.7 Å². The van der Waals surface area contributed by atoms with E-state index < -0.39 is 17.7 Å². The fourth-order valence-electron chi connectivity index (χ4n) is 4.97. The van der Waals surface area contributed by atoms with Gasteiger partial charge in [-0.3, -0.25) is 14.5 Å². The van der Waals surface area contributed by atoms with Crippen LogP contribution >= 0.6 is 0 Å². The summed E-state index contributed by atoms with van der Waals surface area (Å²) in [7, 11) is 0. The number of aliphatic hydroxyl groups is 1. The number of likely N-dealkylation sites (tertiary alicyclic amines) is 1. The number of amides is 1. The minimum Gasteiger partial charge on any atom is -0.507 e. The summed E-state index contributed by atoms with van der Waals surface area (Å²) in [6, 6.07) is 11.9. The number of rotatable bonds is 12. The molecule has 8 heteroatoms. The van der Waals surface area contributed by atoms with Gasteiger partial charge in [-0.25, -0.2) is 0 Å². The molecule has 1 atom stereocenters. The summed E-state index contributed by atoms with van der Waals surface area (Å²) in [6.45, 7) is 12.9. The number of aryl methyl sites for hydroxylation is 1. The summed E-state index contributed by atoms with van der Waals surface area (Å²) < 4.78 is 16.8. The van der Waals surface area contributed by atoms with Gasteiger partial charge < -0.3 is 24.2 Å². The molecule has 208 valence electrons. The van der Waals surface area contributed by atoms with E-state index in [2.05, 4.69) is 11.5 Å². The SMILES string of the molecule is C=CCOc1ccc(C2/C(=C(/O)c3ccc(OCCC)c(C)c3)C(=O)C(=O)N2CCCN2CCOCC2)cc1. The van der Waals surface area contributed by atoms with Crippen molar-refractivity contribution in [2.45, 2.75) is 32.7 Å². The molecule has 0 aromatic heterocycles. The van der Waals surface area contributed by atoms with Crippen LogP contribution in [0.5, 0.6) is 11.5 Å². The molecule has 2 aromatic carbocycles. The van der Waals surface area contributed by atoms with Crippen LogP contribution in [0, 0.1) is 6.92 Å². The number of morpholine rings is 1. The zero-order chi connectivity index (χ0) is 27.8. The van der Waals surface area contributed by atoms with Gasteiger partial charge in [0.1, 0.15) is 23.9 Å². The van der Waals surface area contributed by atoms with Crippen molar-refractivity contribution in [2.75, 3.05) is 52.6 Å². The van der Waals surface area contributed by atoms with Gasteiger partial charge in [-0.1, -0.05) is 31.7 Å². The Morgan fingerprint density at radius 1 is 1.10 bits per heavy atom. The van der Waals surface area contributed by atoms with Crippen LogP contribution in [0.4, 0.5) is 0 Å². The lowest BCUT2D eigenvalue weighted by atomic mass is 9.94. The first-order valence-corrected chi connectivity index (χ1v) is 13.6. The summed E-state index contributed by atoms with van der Waals surface area (Å²) >= 11 is 0. The molecular formula is C31H38N2O6. The van der Waals surface area contributed by atoms with Gasteiger partial charge in [-0.2, -0.15) is 0 Å². The third-order valence-corrected chi connectivity index (χ3v) is 6.99. The second kappa shape index (κ2) is 13.4. The van der Waals surface area contributed by atoms with Gasteiger partial charge in [0.05, 0.1) is 31.4 Å². The number of Topliss-reactive ketones (excluding diaryl/α,β-unsaturated/α-hetero) is 1. The first kappa shape index (κ1) is 28.4. The Hall–Kier alpha value is -3.62. The number of ether oxygens (including phenoxy) is 3. The van der Waals surface area contributed by atoms with E-state index in [-0.39, 0.29) is 11.3 Å². The van der Waals surface area contributed by atoms with E-state index >= 15 is 0 Å². The lowest BCUT2D eigenvalue weighted by Crippen LogP contribution is -2.38. The van der Waals surface area contributed by atoms with Crippen molar-refractivity contribution in [1.82, 2.24) is 9.80 Å². The molecular weight excluding hydrogens is 496 g/mol. The standard InChI is InChI=1S/C31H38N2O6/c1-4-17-38-25-10-7-23(8-11-25)28-27(29(34)24-9-12-26(22(3)21-24)39-18-5-2)30(35)31(36)33(28)14-6-13-32-15-19-37-20-16-32/h4,7-12,21,28,34H,1,5-6,13-20H2,2-3H3/b29-27-. The first-order valence-electron chi connectivity index (χ1n) is 13.6. The van der Waals surface area contributed by atoms with Gasteiger partial charge in [0, 0.05) is 31.7 Å². The molecule has 2 heterocycles. The van der Waals surface area contributed by atoms with Gasteiger partial charge in [-0.05, 0) is 61.2 Å². The highest BCUT2D eigenvalue weighted by Crippen LogP contribution is 2.40. The normalized spacial score (nSPS) is 19.3. The summed E-state index contributed by atoms with van der Waals surface area (Å²) in [6.07, 6.45) is 3.25. The Morgan fingerprint density at radius 3 is 2.51 bits per heavy atom. The van der Waals surface area contributed by atoms with E-state index in [1.165, 1.54) is 0 Å². The van der Waals surface area contributed by atoms with E-state index in [0.29, 0.717) is 50.7 Å². The van der Waals surface area contributed by atoms with Crippen LogP contribution in [0.25, 0.3) is 5.76 Å². The summed E-state index contributed by atoms with van der Waals surface area (Å²) in [4.78, 5) is 30.6. The van der Waals surface area contributed by atoms with Crippen molar-refractivity contribution in [3.8, 4) is 11.5 Å². The highest BCUT2D eigenvalue weighted by atomic mass is 16.5. The smallest absolute Gasteiger partial charge is 0.295 e. The van der Waals surface area contributed by atoms with Crippen molar-refractivity contribution in [1.29, 1.82) is 0 Å². The predicted octanol–water partition coefficient (Wildman–Crippen LogP) is 4.49. The van der Waals surface area contributed by atoms with Gasteiger partial charge in [-0.15, -0.1) is 0 Å². The van der Waals surface area contributed by atoms with Gasteiger partial charge in [0.2, 0.25) is 0 Å². The molecule has 0 saturated carbocycles. The third kappa shape index (κ3) is 6.69. The minimum absolute atomic E-state index is 0.0905. The summed E-state index contributed by atoms with van der Waals surface area (Å²) in [5.41, 5.74) is 2.13. The Labute approximate surface area is 230 Å². The van der Waals surface area contributed by atoms with Crippen molar-refractivity contribution in [3.05, 3.63) is 77.4 Å². The van der Waals surface area contributed by atoms with Gasteiger partial charge in [0.15, 0.2) is 0 Å². The van der Waals surface area contributed by atoms with Gasteiger partial charge >= 0.3 is 0 Å². The number of ketones is 1. The monoisotopic (exact) mass is 534 g/mol. The lowest BCUT2D eigenvalue weighted by molar-refractivity contribution is -0.140. The fourth-order valence-corrected chi connectivity index (χ4v) is 4.97. The summed E-state index contributed by atoms with van der Waals surface area (Å²) in [5, 5.41) is 11.4. The molecule has 8 nitrogen and oxygen atoms in total. The Kier molecular flexibility index (Phi) is 9.79. The van der Waals surface area contributed by atoms with Crippen LogP contribution in [0.3, 0.4) is 0 Å². The van der Waals surface area contributed by atoms with Crippen LogP contribution in [0.15, 0.2) is 60.7 Å². The first-order chi connectivity index (χ1) is 18.9. The molecule has 0 bridgehead atoms. The van der Waals surface area contributed by atoms with Crippen molar-refractivity contribution >= 4 is 17.4 Å². The fraction of sp³-hybridized carbons (Fsp3) is 0.419. The zero-order valence-electron chi connectivity index (χ0n) is 22.9. The molecule has 4 rings (SSSR count). The van der Waals surface area contributed by atoms with E-state index in [1.54, 1.807) is 41.3 Å². The largest absolute Gasteiger partial charge is 0.507 e. The molecule has 0 radical (unpaired) electrons. The molecule has 2 saturated heterocycles. The van der Waals surface area contributed by atoms with Crippen LogP contribution in [-0.4, -0.2) is 79.2 Å². The Bertz CT molecular complexity index is 1200. The number of benzene rings is 2. The Balaban J connectivity index is 1.66. The van der Waals surface area contributed by atoms with E-state index in [0.717, 1.165) is 42.9 Å². The topological polar surface area (TPSA) is 88.5 Å². The van der Waals surface area contributed by atoms with E-state index in [4.69, 9.17) is 14.2 Å². The summed E-state index contributed by atoms with van der Waals surface area (Å²) in [5.74, 6) is -0.0917. The van der Waals surface area contributed by atoms with Crippen LogP contribution in [0.1, 0.15) is 42.5 Å². The zero-order valence-corrected chi connectivity index (χ0v) is 22.9. The number of hydrogen-bond donors (Lipinski definition) is 1. The molecule has 39 heavy (non-hydrogen) atoms. The molecule has 1 N–H and O–H groups in total. The number of carbonyl (C=O) groups excluding carboxylic acids is 2. The van der Waals surface area contributed by atoms with Crippen molar-refractivity contribution in [2.24, 2.45) is 0 Å². The van der Waals surface area contributed by atoms with Crippen molar-refractivity contribution < 1.29 is 28.9 Å².